The Kier molecular flexibility index (Phi) is 6.56. The van der Waals surface area contributed by atoms with Gasteiger partial charge in [0.05, 0.1) is 12.8 Å². The number of aromatic amines is 3. The Morgan fingerprint density at radius 1 is 1.02 bits per heavy atom. The Balaban J connectivity index is 1.67. The van der Waals surface area contributed by atoms with Crippen LogP contribution in [0.15, 0.2) is 18.0 Å². The van der Waals surface area contributed by atoms with Crippen molar-refractivity contribution in [1.82, 2.24) is 20.3 Å². The molecule has 2 atom stereocenters. The summed E-state index contributed by atoms with van der Waals surface area (Å²) in [7, 11) is 1.43. The van der Waals surface area contributed by atoms with Crippen molar-refractivity contribution in [3.8, 4) is 0 Å². The third kappa shape index (κ3) is 4.17. The molecule has 3 aromatic heterocycles. The summed E-state index contributed by atoms with van der Waals surface area (Å²) in [5, 5.41) is 5.82. The zero-order valence-electron chi connectivity index (χ0n) is 24.7. The molecule has 0 spiro atoms. The van der Waals surface area contributed by atoms with Crippen molar-refractivity contribution in [2.75, 3.05) is 7.11 Å². The van der Waals surface area contributed by atoms with Crippen molar-refractivity contribution < 1.29 is 14.3 Å². The number of fused-ring (bicyclic) bond motifs is 7. The summed E-state index contributed by atoms with van der Waals surface area (Å²) in [6.07, 6.45) is 10.6. The fourth-order valence-electron chi connectivity index (χ4n) is 6.99. The Morgan fingerprint density at radius 3 is 2.46 bits per heavy atom. The first-order chi connectivity index (χ1) is 19.7. The number of carbonyl (C=O) groups is 2. The average molecular weight is 551 g/mol. The maximum Gasteiger partial charge on any atom is 0.305 e. The Morgan fingerprint density at radius 2 is 1.76 bits per heavy atom. The van der Waals surface area contributed by atoms with Gasteiger partial charge in [-0.05, 0) is 74.1 Å². The van der Waals surface area contributed by atoms with Gasteiger partial charge in [-0.3, -0.25) is 9.59 Å². The fourth-order valence-corrected chi connectivity index (χ4v) is 6.99. The van der Waals surface area contributed by atoms with Gasteiger partial charge in [-0.1, -0.05) is 26.5 Å². The number of carbonyl (C=O) groups excluding carboxylic acids is 2. The minimum Gasteiger partial charge on any atom is -0.469 e. The van der Waals surface area contributed by atoms with Crippen molar-refractivity contribution >= 4 is 41.6 Å². The topological polar surface area (TPSA) is 103 Å². The summed E-state index contributed by atoms with van der Waals surface area (Å²) in [5.74, 6) is 0.0574. The maximum atomic E-state index is 13.5. The van der Waals surface area contributed by atoms with E-state index >= 15 is 0 Å². The van der Waals surface area contributed by atoms with Crippen LogP contribution in [-0.2, 0) is 16.0 Å². The highest BCUT2D eigenvalue weighted by Crippen LogP contribution is 2.45. The molecular formula is C34H38N4O3. The van der Waals surface area contributed by atoms with Crippen LogP contribution < -0.4 is 16.0 Å². The summed E-state index contributed by atoms with van der Waals surface area (Å²) < 4.78 is 4.97. The SMILES string of the molecule is C=Cc1c2[nH]c(c1C)C=C1NC(=C3CC(=O)c4c3[nH]c(c4C)C=c3[nH]c(c(C)c3CC)=C2)[C@H](CCC(=O)OC)[C@H]1C. The van der Waals surface area contributed by atoms with E-state index in [-0.39, 0.29) is 23.6 Å². The molecule has 7 nitrogen and oxygen atoms in total. The molecule has 41 heavy (non-hydrogen) atoms. The minimum atomic E-state index is -0.226. The number of Topliss-reactive ketones (excluding diaryl/α,β-unsaturated/α-hetero) is 1. The first-order valence-electron chi connectivity index (χ1n) is 14.5. The van der Waals surface area contributed by atoms with Crippen LogP contribution in [0.5, 0.6) is 0 Å². The van der Waals surface area contributed by atoms with Crippen LogP contribution in [0.4, 0.5) is 0 Å². The Bertz CT molecular complexity index is 1820. The molecule has 8 bridgehead atoms. The summed E-state index contributed by atoms with van der Waals surface area (Å²) in [6.45, 7) is 14.8. The van der Waals surface area contributed by atoms with Crippen molar-refractivity contribution in [3.05, 3.63) is 84.8 Å². The normalized spacial score (nSPS) is 19.1. The molecule has 0 aromatic carbocycles. The number of methoxy groups -OCH3 is 1. The Hall–Kier alpha value is -4.26. The molecule has 1 saturated heterocycles. The van der Waals surface area contributed by atoms with Crippen LogP contribution in [0.3, 0.4) is 0 Å². The zero-order chi connectivity index (χ0) is 29.2. The van der Waals surface area contributed by atoms with Crippen molar-refractivity contribution in [3.63, 3.8) is 0 Å². The molecule has 5 heterocycles. The number of allylic oxidation sites excluding steroid dienone is 3. The number of hydrogen-bond acceptors (Lipinski definition) is 4. The monoisotopic (exact) mass is 550 g/mol. The lowest BCUT2D eigenvalue weighted by Gasteiger charge is -2.17. The molecule has 3 aliphatic rings. The molecule has 0 amide bonds. The standard InChI is InChI=1S/C34H38N4O3/c1-8-20-16(3)24-13-26-18(5)22(10-11-31(40)41-7)33(37-26)23-12-30(39)32-19(6)27(38-34(23)32)15-29-21(9-2)17(4)25(36-29)14-28(20)35-24/h8,13-15,18,22,35-38H,1,9-12H2,2-7H3/t18-,22-/m1/s1. The molecule has 1 aliphatic carbocycles. The molecule has 1 fully saturated rings. The molecule has 0 radical (unpaired) electrons. The van der Waals surface area contributed by atoms with Gasteiger partial charge in [-0.25, -0.2) is 0 Å². The highest BCUT2D eigenvalue weighted by molar-refractivity contribution is 6.13. The largest absolute Gasteiger partial charge is 0.469 e. The lowest BCUT2D eigenvalue weighted by atomic mass is 9.86. The number of nitrogens with one attached hydrogen (secondary N) is 4. The second-order valence-corrected chi connectivity index (χ2v) is 11.5. The number of rotatable bonds is 5. The Labute approximate surface area is 240 Å². The zero-order valence-corrected chi connectivity index (χ0v) is 24.7. The van der Waals surface area contributed by atoms with E-state index in [1.54, 1.807) is 0 Å². The van der Waals surface area contributed by atoms with Gasteiger partial charge in [0.25, 0.3) is 0 Å². The van der Waals surface area contributed by atoms with Crippen LogP contribution in [-0.4, -0.2) is 33.8 Å². The van der Waals surface area contributed by atoms with E-state index in [0.717, 1.165) is 79.1 Å². The third-order valence-electron chi connectivity index (χ3n) is 9.42. The molecule has 212 valence electrons. The third-order valence-corrected chi connectivity index (χ3v) is 9.42. The van der Waals surface area contributed by atoms with E-state index < -0.39 is 0 Å². The first kappa shape index (κ1) is 26.9. The van der Waals surface area contributed by atoms with Crippen molar-refractivity contribution in [1.29, 1.82) is 0 Å². The molecule has 0 unspecified atom stereocenters. The summed E-state index contributed by atoms with van der Waals surface area (Å²) in [6, 6.07) is 0. The number of aromatic nitrogens is 3. The van der Waals surface area contributed by atoms with E-state index in [9.17, 15) is 9.59 Å². The number of ketones is 1. The second-order valence-electron chi connectivity index (χ2n) is 11.5. The molecule has 7 heteroatoms. The molecule has 2 aliphatic heterocycles. The minimum absolute atomic E-state index is 0.0425. The first-order valence-corrected chi connectivity index (χ1v) is 14.5. The second kappa shape index (κ2) is 9.98. The number of hydrogen-bond donors (Lipinski definition) is 4. The lowest BCUT2D eigenvalue weighted by Crippen LogP contribution is -2.13. The van der Waals surface area contributed by atoms with Crippen molar-refractivity contribution in [2.24, 2.45) is 11.8 Å². The summed E-state index contributed by atoms with van der Waals surface area (Å²) >= 11 is 0. The van der Waals surface area contributed by atoms with Gasteiger partial charge in [0, 0.05) is 80.6 Å². The van der Waals surface area contributed by atoms with Crippen LogP contribution >= 0.6 is 0 Å². The lowest BCUT2D eigenvalue weighted by molar-refractivity contribution is -0.140. The van der Waals surface area contributed by atoms with Crippen LogP contribution in [0, 0.1) is 32.6 Å². The highest BCUT2D eigenvalue weighted by Gasteiger charge is 2.39. The van der Waals surface area contributed by atoms with Gasteiger partial charge in [0.1, 0.15) is 0 Å². The molecule has 3 aromatic rings. The predicted octanol–water partition coefficient (Wildman–Crippen LogP) is 4.92. The van der Waals surface area contributed by atoms with Gasteiger partial charge in [-0.2, -0.15) is 0 Å². The van der Waals surface area contributed by atoms with Gasteiger partial charge < -0.3 is 25.0 Å². The van der Waals surface area contributed by atoms with Gasteiger partial charge in [0.2, 0.25) is 0 Å². The number of H-pyrrole nitrogens is 3. The molecule has 6 rings (SSSR count). The van der Waals surface area contributed by atoms with Crippen LogP contribution in [0.1, 0.15) is 94.1 Å². The van der Waals surface area contributed by atoms with Gasteiger partial charge in [0.15, 0.2) is 5.78 Å². The molecule has 4 N–H and O–H groups in total. The van der Waals surface area contributed by atoms with E-state index in [4.69, 9.17) is 4.74 Å². The quantitative estimate of drug-likeness (QED) is 0.339. The number of ether oxygens (including phenoxy) is 1. The highest BCUT2D eigenvalue weighted by atomic mass is 16.5. The van der Waals surface area contributed by atoms with Crippen LogP contribution in [0.2, 0.25) is 0 Å². The number of esters is 1. The van der Waals surface area contributed by atoms with Crippen LogP contribution in [0.25, 0.3) is 29.9 Å². The molecular weight excluding hydrogens is 512 g/mol. The van der Waals surface area contributed by atoms with Crippen molar-refractivity contribution in [2.45, 2.75) is 60.3 Å². The van der Waals surface area contributed by atoms with E-state index in [1.165, 1.54) is 18.2 Å². The van der Waals surface area contributed by atoms with Gasteiger partial charge in [-0.15, -0.1) is 0 Å². The van der Waals surface area contributed by atoms with E-state index in [0.29, 0.717) is 19.3 Å². The predicted molar refractivity (Wildman–Crippen MR) is 163 cm³/mol. The summed E-state index contributed by atoms with van der Waals surface area (Å²) in [4.78, 5) is 36.6. The average Bonchev–Trinajstić information content (AvgIpc) is 3.70. The molecule has 0 saturated carbocycles. The van der Waals surface area contributed by atoms with E-state index in [2.05, 4.69) is 72.8 Å². The fraction of sp³-hybridized carbons (Fsp3) is 0.353. The smallest absolute Gasteiger partial charge is 0.305 e. The van der Waals surface area contributed by atoms with Gasteiger partial charge >= 0.3 is 5.97 Å². The maximum absolute atomic E-state index is 13.5. The van der Waals surface area contributed by atoms with E-state index in [1.807, 2.05) is 13.0 Å². The summed E-state index contributed by atoms with van der Waals surface area (Å²) in [5.41, 5.74) is 13.3.